The Morgan fingerprint density at radius 3 is 2.58 bits per heavy atom. The zero-order valence-electron chi connectivity index (χ0n) is 11.4. The summed E-state index contributed by atoms with van der Waals surface area (Å²) in [4.78, 5) is 13.5. The summed E-state index contributed by atoms with van der Waals surface area (Å²) in [6.07, 6.45) is 0. The van der Waals surface area contributed by atoms with Gasteiger partial charge in [0.1, 0.15) is 4.99 Å². The first-order valence-corrected chi connectivity index (χ1v) is 6.68. The molecule has 1 rings (SSSR count). The second-order valence-corrected chi connectivity index (χ2v) is 5.53. The van der Waals surface area contributed by atoms with Gasteiger partial charge in [0.25, 0.3) is 0 Å². The third kappa shape index (κ3) is 5.81. The summed E-state index contributed by atoms with van der Waals surface area (Å²) in [5, 5.41) is 0. The van der Waals surface area contributed by atoms with E-state index in [4.69, 9.17) is 23.7 Å². The van der Waals surface area contributed by atoms with Crippen molar-refractivity contribution in [2.45, 2.75) is 20.4 Å². The monoisotopic (exact) mass is 279 g/mol. The van der Waals surface area contributed by atoms with Crippen LogP contribution in [-0.4, -0.2) is 28.9 Å². The van der Waals surface area contributed by atoms with Gasteiger partial charge in [0, 0.05) is 18.7 Å². The molecule has 0 fully saturated rings. The van der Waals surface area contributed by atoms with E-state index in [0.717, 1.165) is 17.7 Å². The zero-order chi connectivity index (χ0) is 14.4. The van der Waals surface area contributed by atoms with E-state index in [9.17, 15) is 4.79 Å². The zero-order valence-corrected chi connectivity index (χ0v) is 12.2. The van der Waals surface area contributed by atoms with Gasteiger partial charge in [-0.3, -0.25) is 9.69 Å². The van der Waals surface area contributed by atoms with Gasteiger partial charge in [-0.25, -0.2) is 0 Å². The third-order valence-corrected chi connectivity index (χ3v) is 2.86. The maximum Gasteiger partial charge on any atom is 0.231 e. The summed E-state index contributed by atoms with van der Waals surface area (Å²) in [6.45, 7) is 5.96. The number of nitrogens with two attached hydrogens (primary N) is 2. The minimum Gasteiger partial charge on any atom is -0.389 e. The molecule has 0 spiro atoms. The number of hydrogen-bond donors (Lipinski definition) is 2. The Bertz CT molecular complexity index is 460. The molecule has 0 atom stereocenters. The van der Waals surface area contributed by atoms with Crippen molar-refractivity contribution in [3.63, 3.8) is 0 Å². The lowest BCUT2D eigenvalue weighted by Crippen LogP contribution is -2.35. The van der Waals surface area contributed by atoms with E-state index in [1.54, 1.807) is 0 Å². The molecule has 5 heteroatoms. The topological polar surface area (TPSA) is 72.3 Å². The van der Waals surface area contributed by atoms with Crippen LogP contribution in [0.3, 0.4) is 0 Å². The first-order valence-electron chi connectivity index (χ1n) is 6.28. The molecule has 0 saturated carbocycles. The van der Waals surface area contributed by atoms with Gasteiger partial charge in [-0.15, -0.1) is 0 Å². The number of amides is 1. The van der Waals surface area contributed by atoms with Gasteiger partial charge in [-0.05, 0) is 17.5 Å². The van der Waals surface area contributed by atoms with E-state index in [0.29, 0.717) is 17.5 Å². The van der Waals surface area contributed by atoms with Crippen molar-refractivity contribution in [3.05, 3.63) is 35.4 Å². The number of carbonyl (C=O) groups is 1. The van der Waals surface area contributed by atoms with Crippen LogP contribution in [-0.2, 0) is 11.3 Å². The largest absolute Gasteiger partial charge is 0.389 e. The van der Waals surface area contributed by atoms with Crippen molar-refractivity contribution >= 4 is 23.1 Å². The van der Waals surface area contributed by atoms with E-state index in [-0.39, 0.29) is 12.5 Å². The Kier molecular flexibility index (Phi) is 5.92. The molecular formula is C14H21N3OS. The molecule has 0 radical (unpaired) electrons. The van der Waals surface area contributed by atoms with Gasteiger partial charge < -0.3 is 11.5 Å². The second-order valence-electron chi connectivity index (χ2n) is 5.09. The highest BCUT2D eigenvalue weighted by Gasteiger charge is 2.11. The van der Waals surface area contributed by atoms with E-state index < -0.39 is 0 Å². The fourth-order valence-corrected chi connectivity index (χ4v) is 2.13. The van der Waals surface area contributed by atoms with Crippen LogP contribution in [0.1, 0.15) is 25.0 Å². The Hall–Kier alpha value is -1.46. The molecule has 19 heavy (non-hydrogen) atoms. The highest BCUT2D eigenvalue weighted by molar-refractivity contribution is 7.80. The Morgan fingerprint density at radius 2 is 2.05 bits per heavy atom. The normalized spacial score (nSPS) is 10.9. The molecule has 1 aromatic rings. The minimum atomic E-state index is -0.314. The molecule has 0 heterocycles. The summed E-state index contributed by atoms with van der Waals surface area (Å²) in [5.41, 5.74) is 12.8. The number of benzene rings is 1. The summed E-state index contributed by atoms with van der Waals surface area (Å²) < 4.78 is 0. The van der Waals surface area contributed by atoms with Crippen molar-refractivity contribution in [2.24, 2.45) is 17.4 Å². The Morgan fingerprint density at radius 1 is 1.37 bits per heavy atom. The van der Waals surface area contributed by atoms with Crippen LogP contribution in [0, 0.1) is 5.92 Å². The van der Waals surface area contributed by atoms with Gasteiger partial charge in [-0.2, -0.15) is 0 Å². The number of rotatable bonds is 7. The van der Waals surface area contributed by atoms with Crippen LogP contribution < -0.4 is 11.5 Å². The van der Waals surface area contributed by atoms with Crippen LogP contribution in [0.2, 0.25) is 0 Å². The standard InChI is InChI=1S/C14H21N3OS/c1-10(2)7-17(9-13(15)18)8-11-4-3-5-12(6-11)14(16)19/h3-6,10H,7-9H2,1-2H3,(H2,15,18)(H2,16,19). The lowest BCUT2D eigenvalue weighted by Gasteiger charge is -2.23. The average Bonchev–Trinajstić information content (AvgIpc) is 2.27. The predicted molar refractivity (Wildman–Crippen MR) is 81.6 cm³/mol. The van der Waals surface area contributed by atoms with Crippen molar-refractivity contribution in [1.29, 1.82) is 0 Å². The van der Waals surface area contributed by atoms with E-state index in [1.807, 2.05) is 29.2 Å². The second kappa shape index (κ2) is 7.21. The molecule has 0 saturated heterocycles. The van der Waals surface area contributed by atoms with Crippen LogP contribution >= 0.6 is 12.2 Å². The minimum absolute atomic E-state index is 0.259. The molecule has 0 aromatic heterocycles. The number of carbonyl (C=O) groups excluding carboxylic acids is 1. The lowest BCUT2D eigenvalue weighted by molar-refractivity contribution is -0.119. The molecule has 0 aliphatic rings. The fourth-order valence-electron chi connectivity index (χ4n) is 2.00. The van der Waals surface area contributed by atoms with Crippen molar-refractivity contribution in [3.8, 4) is 0 Å². The number of thiocarbonyl (C=S) groups is 1. The Labute approximate surface area is 119 Å². The molecule has 0 bridgehead atoms. The number of primary amides is 1. The van der Waals surface area contributed by atoms with Gasteiger partial charge in [0.2, 0.25) is 5.91 Å². The third-order valence-electron chi connectivity index (χ3n) is 2.62. The van der Waals surface area contributed by atoms with Gasteiger partial charge in [0.15, 0.2) is 0 Å². The van der Waals surface area contributed by atoms with Crippen LogP contribution in [0.4, 0.5) is 0 Å². The summed E-state index contributed by atoms with van der Waals surface area (Å²) >= 11 is 4.97. The van der Waals surface area contributed by atoms with E-state index in [1.165, 1.54) is 0 Å². The van der Waals surface area contributed by atoms with Crippen LogP contribution in [0.15, 0.2) is 24.3 Å². The SMILES string of the molecule is CC(C)CN(CC(N)=O)Cc1cccc(C(N)=S)c1. The molecule has 0 aliphatic heterocycles. The Balaban J connectivity index is 2.80. The maximum atomic E-state index is 11.1. The molecule has 1 amide bonds. The van der Waals surface area contributed by atoms with Crippen molar-refractivity contribution < 1.29 is 4.79 Å². The van der Waals surface area contributed by atoms with Crippen LogP contribution in [0.25, 0.3) is 0 Å². The maximum absolute atomic E-state index is 11.1. The van der Waals surface area contributed by atoms with Crippen molar-refractivity contribution in [1.82, 2.24) is 4.90 Å². The summed E-state index contributed by atoms with van der Waals surface area (Å²) in [6, 6.07) is 7.75. The highest BCUT2D eigenvalue weighted by atomic mass is 32.1. The molecule has 0 unspecified atom stereocenters. The molecule has 4 N–H and O–H groups in total. The molecule has 0 aliphatic carbocycles. The van der Waals surface area contributed by atoms with Gasteiger partial charge >= 0.3 is 0 Å². The quantitative estimate of drug-likeness (QED) is 0.737. The highest BCUT2D eigenvalue weighted by Crippen LogP contribution is 2.10. The average molecular weight is 279 g/mol. The molecule has 4 nitrogen and oxygen atoms in total. The molecular weight excluding hydrogens is 258 g/mol. The lowest BCUT2D eigenvalue weighted by atomic mass is 10.1. The van der Waals surface area contributed by atoms with Gasteiger partial charge in [0.05, 0.1) is 6.54 Å². The smallest absolute Gasteiger partial charge is 0.231 e. The fraction of sp³-hybridized carbons (Fsp3) is 0.429. The number of hydrogen-bond acceptors (Lipinski definition) is 3. The molecule has 1 aromatic carbocycles. The van der Waals surface area contributed by atoms with E-state index >= 15 is 0 Å². The summed E-state index contributed by atoms with van der Waals surface area (Å²) in [5.74, 6) is 0.157. The van der Waals surface area contributed by atoms with Gasteiger partial charge in [-0.1, -0.05) is 44.3 Å². The first kappa shape index (κ1) is 15.6. The van der Waals surface area contributed by atoms with E-state index in [2.05, 4.69) is 13.8 Å². The summed E-state index contributed by atoms with van der Waals surface area (Å²) in [7, 11) is 0. The predicted octanol–water partition coefficient (Wildman–Crippen LogP) is 1.26. The first-order chi connectivity index (χ1) is 8.88. The number of nitrogens with zero attached hydrogens (tertiary/aromatic N) is 1. The van der Waals surface area contributed by atoms with Crippen molar-refractivity contribution in [2.75, 3.05) is 13.1 Å². The molecule has 104 valence electrons. The van der Waals surface area contributed by atoms with Crippen LogP contribution in [0.5, 0.6) is 0 Å².